The van der Waals surface area contributed by atoms with Gasteiger partial charge in [0.1, 0.15) is 0 Å². The van der Waals surface area contributed by atoms with Crippen molar-refractivity contribution in [3.63, 3.8) is 0 Å². The van der Waals surface area contributed by atoms with Gasteiger partial charge in [-0.15, -0.1) is 6.58 Å². The molecule has 1 aromatic rings. The van der Waals surface area contributed by atoms with Gasteiger partial charge in [0.05, 0.1) is 5.41 Å². The largest absolute Gasteiger partial charge is 0.481 e. The molecule has 6 nitrogen and oxygen atoms in total. The van der Waals surface area contributed by atoms with Crippen LogP contribution in [-0.2, 0) is 4.79 Å². The monoisotopic (exact) mass is 290 g/mol. The third-order valence-electron chi connectivity index (χ3n) is 3.95. The van der Waals surface area contributed by atoms with Gasteiger partial charge in [-0.1, -0.05) is 6.08 Å². The Hall–Kier alpha value is -2.11. The van der Waals surface area contributed by atoms with Crippen molar-refractivity contribution in [1.82, 2.24) is 9.97 Å². The third-order valence-corrected chi connectivity index (χ3v) is 3.95. The summed E-state index contributed by atoms with van der Waals surface area (Å²) in [6, 6.07) is 0. The van der Waals surface area contributed by atoms with E-state index in [0.717, 1.165) is 24.6 Å². The Morgan fingerprint density at radius 2 is 2.24 bits per heavy atom. The summed E-state index contributed by atoms with van der Waals surface area (Å²) in [4.78, 5) is 24.4. The van der Waals surface area contributed by atoms with Gasteiger partial charge in [0.2, 0.25) is 0 Å². The average molecular weight is 290 g/mol. The quantitative estimate of drug-likeness (QED) is 0.834. The molecule has 1 aliphatic heterocycles. The van der Waals surface area contributed by atoms with Gasteiger partial charge in [0, 0.05) is 39.6 Å². The molecule has 1 atom stereocenters. The normalized spacial score (nSPS) is 21.9. The minimum absolute atomic E-state index is 0.438. The second kappa shape index (κ2) is 6.11. The molecule has 1 fully saturated rings. The fraction of sp³-hybridized carbons (Fsp3) is 0.533. The zero-order valence-corrected chi connectivity index (χ0v) is 12.6. The molecule has 1 aliphatic rings. The SMILES string of the molecule is C=CC[C@@]1(C(=O)O)CCCN(c2nccnc2N(C)C)C1. The molecule has 0 amide bonds. The Morgan fingerprint density at radius 3 is 2.86 bits per heavy atom. The highest BCUT2D eigenvalue weighted by molar-refractivity contribution is 5.77. The van der Waals surface area contributed by atoms with Gasteiger partial charge in [-0.05, 0) is 19.3 Å². The number of allylic oxidation sites excluding steroid dienone is 1. The summed E-state index contributed by atoms with van der Waals surface area (Å²) < 4.78 is 0. The van der Waals surface area contributed by atoms with E-state index < -0.39 is 11.4 Å². The summed E-state index contributed by atoms with van der Waals surface area (Å²) in [5.74, 6) is 0.747. The predicted octanol–water partition coefficient (Wildman–Crippen LogP) is 1.79. The molecule has 0 aromatic carbocycles. The van der Waals surface area contributed by atoms with E-state index in [1.54, 1.807) is 18.5 Å². The van der Waals surface area contributed by atoms with Crippen LogP contribution in [0.3, 0.4) is 0 Å². The standard InChI is InChI=1S/C15H22N4O2/c1-4-6-15(14(20)21)7-5-10-19(11-15)13-12(18(2)3)16-8-9-17-13/h4,8-9H,1,5-7,10-11H2,2-3H3,(H,20,21)/t15-/m1/s1. The van der Waals surface area contributed by atoms with Crippen molar-refractivity contribution in [3.05, 3.63) is 25.0 Å². The number of rotatable bonds is 5. The van der Waals surface area contributed by atoms with Crippen LogP contribution >= 0.6 is 0 Å². The number of hydrogen-bond acceptors (Lipinski definition) is 5. The molecule has 0 radical (unpaired) electrons. The van der Waals surface area contributed by atoms with Crippen molar-refractivity contribution in [3.8, 4) is 0 Å². The molecule has 0 bridgehead atoms. The van der Waals surface area contributed by atoms with Gasteiger partial charge in [0.15, 0.2) is 11.6 Å². The molecule has 0 unspecified atom stereocenters. The maximum Gasteiger partial charge on any atom is 0.311 e. The number of carbonyl (C=O) groups is 1. The molecule has 1 aromatic heterocycles. The molecule has 1 N–H and O–H groups in total. The van der Waals surface area contributed by atoms with Crippen LogP contribution in [0.2, 0.25) is 0 Å². The van der Waals surface area contributed by atoms with E-state index in [1.165, 1.54) is 0 Å². The minimum atomic E-state index is -0.777. The van der Waals surface area contributed by atoms with Crippen LogP contribution in [0.15, 0.2) is 25.0 Å². The molecule has 0 spiro atoms. The lowest BCUT2D eigenvalue weighted by Gasteiger charge is -2.40. The average Bonchev–Trinajstić information content (AvgIpc) is 2.47. The number of carboxylic acids is 1. The summed E-state index contributed by atoms with van der Waals surface area (Å²) in [5, 5.41) is 9.64. The maximum absolute atomic E-state index is 11.7. The van der Waals surface area contributed by atoms with E-state index in [4.69, 9.17) is 0 Å². The summed E-state index contributed by atoms with van der Waals surface area (Å²) in [6.45, 7) is 4.94. The van der Waals surface area contributed by atoms with Gasteiger partial charge < -0.3 is 14.9 Å². The van der Waals surface area contributed by atoms with E-state index in [9.17, 15) is 9.90 Å². The number of hydrogen-bond donors (Lipinski definition) is 1. The van der Waals surface area contributed by atoms with E-state index >= 15 is 0 Å². The first-order valence-corrected chi connectivity index (χ1v) is 7.08. The van der Waals surface area contributed by atoms with Crippen LogP contribution < -0.4 is 9.80 Å². The van der Waals surface area contributed by atoms with E-state index in [-0.39, 0.29) is 0 Å². The van der Waals surface area contributed by atoms with Gasteiger partial charge in [-0.3, -0.25) is 4.79 Å². The van der Waals surface area contributed by atoms with Crippen molar-refractivity contribution in [2.75, 3.05) is 37.0 Å². The summed E-state index contributed by atoms with van der Waals surface area (Å²) in [7, 11) is 3.82. The van der Waals surface area contributed by atoms with E-state index in [0.29, 0.717) is 19.4 Å². The Labute approximate surface area is 125 Å². The molecular weight excluding hydrogens is 268 g/mol. The molecule has 0 saturated carbocycles. The van der Waals surface area contributed by atoms with Crippen LogP contribution in [0.5, 0.6) is 0 Å². The lowest BCUT2D eigenvalue weighted by atomic mass is 9.77. The molecule has 1 saturated heterocycles. The Kier molecular flexibility index (Phi) is 4.45. The van der Waals surface area contributed by atoms with Gasteiger partial charge in [-0.2, -0.15) is 0 Å². The van der Waals surface area contributed by atoms with Gasteiger partial charge in [-0.25, -0.2) is 9.97 Å². The summed E-state index contributed by atoms with van der Waals surface area (Å²) >= 11 is 0. The summed E-state index contributed by atoms with van der Waals surface area (Å²) in [5.41, 5.74) is -0.777. The number of aromatic nitrogens is 2. The van der Waals surface area contributed by atoms with Crippen molar-refractivity contribution in [2.45, 2.75) is 19.3 Å². The molecule has 2 rings (SSSR count). The highest BCUT2D eigenvalue weighted by Crippen LogP contribution is 2.37. The molecule has 21 heavy (non-hydrogen) atoms. The second-order valence-corrected chi connectivity index (χ2v) is 5.70. The van der Waals surface area contributed by atoms with Crippen LogP contribution in [-0.4, -0.2) is 48.2 Å². The van der Waals surface area contributed by atoms with E-state index in [2.05, 4.69) is 16.5 Å². The molecule has 0 aliphatic carbocycles. The van der Waals surface area contributed by atoms with Crippen molar-refractivity contribution in [1.29, 1.82) is 0 Å². The maximum atomic E-state index is 11.7. The van der Waals surface area contributed by atoms with Crippen molar-refractivity contribution < 1.29 is 9.90 Å². The zero-order valence-electron chi connectivity index (χ0n) is 12.6. The lowest BCUT2D eigenvalue weighted by molar-refractivity contribution is -0.149. The first-order chi connectivity index (χ1) is 10.00. The summed E-state index contributed by atoms with van der Waals surface area (Å²) in [6.07, 6.45) is 6.95. The van der Waals surface area contributed by atoms with Crippen LogP contribution in [0, 0.1) is 5.41 Å². The number of nitrogens with zero attached hydrogens (tertiary/aromatic N) is 4. The Bertz CT molecular complexity index is 532. The van der Waals surface area contributed by atoms with Crippen LogP contribution in [0.1, 0.15) is 19.3 Å². The minimum Gasteiger partial charge on any atom is -0.481 e. The van der Waals surface area contributed by atoms with E-state index in [1.807, 2.05) is 23.9 Å². The Balaban J connectivity index is 2.33. The van der Waals surface area contributed by atoms with Crippen LogP contribution in [0.4, 0.5) is 11.6 Å². The molecular formula is C15H22N4O2. The number of aliphatic carboxylic acids is 1. The smallest absolute Gasteiger partial charge is 0.311 e. The highest BCUT2D eigenvalue weighted by Gasteiger charge is 2.42. The molecule has 2 heterocycles. The lowest BCUT2D eigenvalue weighted by Crippen LogP contribution is -2.48. The fourth-order valence-corrected chi connectivity index (χ4v) is 2.88. The Morgan fingerprint density at radius 1 is 1.52 bits per heavy atom. The third kappa shape index (κ3) is 2.99. The topological polar surface area (TPSA) is 69.6 Å². The molecule has 6 heteroatoms. The van der Waals surface area contributed by atoms with Crippen molar-refractivity contribution in [2.24, 2.45) is 5.41 Å². The first-order valence-electron chi connectivity index (χ1n) is 7.08. The number of carboxylic acid groups (broad SMARTS) is 1. The predicted molar refractivity (Wildman–Crippen MR) is 82.7 cm³/mol. The number of anilines is 2. The van der Waals surface area contributed by atoms with Gasteiger partial charge >= 0.3 is 5.97 Å². The fourth-order valence-electron chi connectivity index (χ4n) is 2.88. The second-order valence-electron chi connectivity index (χ2n) is 5.70. The molecule has 114 valence electrons. The number of piperidine rings is 1. The zero-order chi connectivity index (χ0) is 15.5. The first kappa shape index (κ1) is 15.3. The highest BCUT2D eigenvalue weighted by atomic mass is 16.4. The van der Waals surface area contributed by atoms with Crippen LogP contribution in [0.25, 0.3) is 0 Å². The van der Waals surface area contributed by atoms with Gasteiger partial charge in [0.25, 0.3) is 0 Å². The van der Waals surface area contributed by atoms with Crippen molar-refractivity contribution >= 4 is 17.6 Å².